The molecule has 1 unspecified atom stereocenters. The highest BCUT2D eigenvalue weighted by molar-refractivity contribution is 9.10. The predicted octanol–water partition coefficient (Wildman–Crippen LogP) is 2.91. The van der Waals surface area contributed by atoms with Crippen LogP contribution in [0.1, 0.15) is 43.7 Å². The summed E-state index contributed by atoms with van der Waals surface area (Å²) in [4.78, 5) is 11.8. The third kappa shape index (κ3) is 3.73. The number of hydrogen-bond donors (Lipinski definition) is 2. The number of methoxy groups -OCH3 is 1. The first-order valence-corrected chi connectivity index (χ1v) is 7.80. The van der Waals surface area contributed by atoms with Crippen molar-refractivity contribution >= 4 is 21.8 Å². The Hall–Kier alpha value is -1.07. The number of nitrogens with one attached hydrogen (secondary N) is 1. The minimum atomic E-state index is -0.444. The van der Waals surface area contributed by atoms with Gasteiger partial charge in [0.2, 0.25) is 5.91 Å². The molecule has 110 valence electrons. The maximum absolute atomic E-state index is 11.8. The first kappa shape index (κ1) is 15.3. The van der Waals surface area contributed by atoms with Crippen LogP contribution >= 0.6 is 15.9 Å². The molecule has 1 aromatic rings. The van der Waals surface area contributed by atoms with Crippen molar-refractivity contribution in [2.24, 2.45) is 5.73 Å². The summed E-state index contributed by atoms with van der Waals surface area (Å²) in [5.41, 5.74) is 6.43. The number of ether oxygens (including phenoxy) is 1. The zero-order valence-corrected chi connectivity index (χ0v) is 13.3. The van der Waals surface area contributed by atoms with Crippen molar-refractivity contribution < 1.29 is 9.53 Å². The van der Waals surface area contributed by atoms with Crippen molar-refractivity contribution in [3.05, 3.63) is 28.2 Å². The molecule has 1 saturated carbocycles. The molecule has 0 spiro atoms. The van der Waals surface area contributed by atoms with E-state index in [1.165, 1.54) is 19.3 Å². The normalized spacial score (nSPS) is 17.7. The van der Waals surface area contributed by atoms with E-state index in [0.29, 0.717) is 6.04 Å². The van der Waals surface area contributed by atoms with Crippen LogP contribution in [0.25, 0.3) is 0 Å². The minimum Gasteiger partial charge on any atom is -0.496 e. The van der Waals surface area contributed by atoms with Gasteiger partial charge in [0.05, 0.1) is 11.6 Å². The smallest absolute Gasteiger partial charge is 0.239 e. The van der Waals surface area contributed by atoms with Gasteiger partial charge in [-0.15, -0.1) is 0 Å². The van der Waals surface area contributed by atoms with Gasteiger partial charge in [0.25, 0.3) is 0 Å². The molecule has 0 saturated heterocycles. The highest BCUT2D eigenvalue weighted by Gasteiger charge is 2.23. The lowest BCUT2D eigenvalue weighted by atomic mass is 9.94. The molecule has 20 heavy (non-hydrogen) atoms. The third-order valence-corrected chi connectivity index (χ3v) is 4.42. The van der Waals surface area contributed by atoms with Crippen LogP contribution in [-0.2, 0) is 4.79 Å². The average Bonchev–Trinajstić information content (AvgIpc) is 2.45. The fourth-order valence-electron chi connectivity index (χ4n) is 2.71. The van der Waals surface area contributed by atoms with E-state index in [1.807, 2.05) is 18.2 Å². The molecular formula is C15H21BrN2O2. The molecule has 4 nitrogen and oxygen atoms in total. The molecule has 1 fully saturated rings. The Balaban J connectivity index is 2.15. The number of carbonyl (C=O) groups excluding carboxylic acids is 1. The van der Waals surface area contributed by atoms with Crippen LogP contribution < -0.4 is 15.8 Å². The second-order valence-electron chi connectivity index (χ2n) is 5.23. The van der Waals surface area contributed by atoms with Crippen LogP contribution in [0.5, 0.6) is 5.75 Å². The van der Waals surface area contributed by atoms with E-state index in [1.54, 1.807) is 7.11 Å². The molecular weight excluding hydrogens is 320 g/mol. The predicted molar refractivity (Wildman–Crippen MR) is 82.6 cm³/mol. The third-order valence-electron chi connectivity index (χ3n) is 3.80. The summed E-state index contributed by atoms with van der Waals surface area (Å²) in [6.45, 7) is 0. The van der Waals surface area contributed by atoms with Gasteiger partial charge in [-0.05, 0) is 46.5 Å². The number of carbonyl (C=O) groups is 1. The van der Waals surface area contributed by atoms with Crippen molar-refractivity contribution in [1.29, 1.82) is 0 Å². The summed E-state index contributed by atoms with van der Waals surface area (Å²) < 4.78 is 6.03. The van der Waals surface area contributed by atoms with Crippen LogP contribution in [0.15, 0.2) is 22.7 Å². The largest absolute Gasteiger partial charge is 0.496 e. The molecule has 0 aromatic heterocycles. The summed E-state index contributed by atoms with van der Waals surface area (Å²) in [6.07, 6.45) is 5.95. The number of rotatable bonds is 5. The molecule has 2 rings (SSSR count). The fraction of sp³-hybridized carbons (Fsp3) is 0.533. The van der Waals surface area contributed by atoms with Gasteiger partial charge in [0.1, 0.15) is 11.8 Å². The Morgan fingerprint density at radius 3 is 2.65 bits per heavy atom. The lowest BCUT2D eigenvalue weighted by Crippen LogP contribution is -2.40. The van der Waals surface area contributed by atoms with Crippen LogP contribution in [0.4, 0.5) is 0 Å². The topological polar surface area (TPSA) is 64.3 Å². The van der Waals surface area contributed by atoms with E-state index in [-0.39, 0.29) is 5.91 Å². The van der Waals surface area contributed by atoms with Crippen LogP contribution in [0, 0.1) is 0 Å². The van der Waals surface area contributed by atoms with E-state index < -0.39 is 6.04 Å². The summed E-state index contributed by atoms with van der Waals surface area (Å²) in [5, 5.41) is 3.40. The Bertz CT molecular complexity index is 473. The molecule has 0 bridgehead atoms. The molecule has 0 radical (unpaired) electrons. The number of benzene rings is 1. The molecule has 1 aliphatic rings. The van der Waals surface area contributed by atoms with Gasteiger partial charge in [0.15, 0.2) is 0 Å². The zero-order chi connectivity index (χ0) is 14.5. The molecule has 1 atom stereocenters. The van der Waals surface area contributed by atoms with Crippen LogP contribution in [0.3, 0.4) is 0 Å². The van der Waals surface area contributed by atoms with E-state index in [0.717, 1.165) is 28.6 Å². The standard InChI is InChI=1S/C15H21BrN2O2/c1-20-13-8-7-10(9-12(13)16)14(15(17)19)18-11-5-3-2-4-6-11/h7-9,11,14,18H,2-6H2,1H3,(H2,17,19). The molecule has 3 N–H and O–H groups in total. The SMILES string of the molecule is COc1ccc(C(NC2CCCCC2)C(N)=O)cc1Br. The number of halogens is 1. The monoisotopic (exact) mass is 340 g/mol. The van der Waals surface area contributed by atoms with Gasteiger partial charge >= 0.3 is 0 Å². The maximum Gasteiger partial charge on any atom is 0.239 e. The van der Waals surface area contributed by atoms with E-state index >= 15 is 0 Å². The van der Waals surface area contributed by atoms with Gasteiger partial charge in [0, 0.05) is 6.04 Å². The van der Waals surface area contributed by atoms with Gasteiger partial charge in [-0.1, -0.05) is 25.3 Å². The highest BCUT2D eigenvalue weighted by atomic mass is 79.9. The summed E-state index contributed by atoms with van der Waals surface area (Å²) in [7, 11) is 1.62. The van der Waals surface area contributed by atoms with Gasteiger partial charge in [-0.3, -0.25) is 10.1 Å². The van der Waals surface area contributed by atoms with Crippen molar-refractivity contribution in [3.63, 3.8) is 0 Å². The van der Waals surface area contributed by atoms with Crippen molar-refractivity contribution in [1.82, 2.24) is 5.32 Å². The van der Waals surface area contributed by atoms with Crippen LogP contribution in [-0.4, -0.2) is 19.1 Å². The number of amides is 1. The van der Waals surface area contributed by atoms with E-state index in [9.17, 15) is 4.79 Å². The van der Waals surface area contributed by atoms with Crippen molar-refractivity contribution in [2.45, 2.75) is 44.2 Å². The molecule has 1 aromatic carbocycles. The fourth-order valence-corrected chi connectivity index (χ4v) is 3.27. The quantitative estimate of drug-likeness (QED) is 0.866. The molecule has 1 amide bonds. The Kier molecular flexibility index (Phi) is 5.43. The number of primary amides is 1. The van der Waals surface area contributed by atoms with Gasteiger partial charge < -0.3 is 10.5 Å². The van der Waals surface area contributed by atoms with Gasteiger partial charge in [-0.25, -0.2) is 0 Å². The zero-order valence-electron chi connectivity index (χ0n) is 11.7. The second kappa shape index (κ2) is 7.09. The minimum absolute atomic E-state index is 0.340. The van der Waals surface area contributed by atoms with Crippen LogP contribution in [0.2, 0.25) is 0 Å². The molecule has 1 aliphatic carbocycles. The number of hydrogen-bond acceptors (Lipinski definition) is 3. The Morgan fingerprint density at radius 2 is 2.10 bits per heavy atom. The van der Waals surface area contributed by atoms with Gasteiger partial charge in [-0.2, -0.15) is 0 Å². The summed E-state index contributed by atoms with van der Waals surface area (Å²) >= 11 is 3.45. The first-order chi connectivity index (χ1) is 9.61. The maximum atomic E-state index is 11.8. The lowest BCUT2D eigenvalue weighted by molar-refractivity contribution is -0.120. The molecule has 0 heterocycles. The Labute approximate surface area is 128 Å². The summed E-state index contributed by atoms with van der Waals surface area (Å²) in [6, 6.07) is 5.55. The molecule has 0 aliphatic heterocycles. The van der Waals surface area contributed by atoms with Crippen molar-refractivity contribution in [3.8, 4) is 5.75 Å². The van der Waals surface area contributed by atoms with Crippen molar-refractivity contribution in [2.75, 3.05) is 7.11 Å². The second-order valence-corrected chi connectivity index (χ2v) is 6.09. The highest BCUT2D eigenvalue weighted by Crippen LogP contribution is 2.29. The lowest BCUT2D eigenvalue weighted by Gasteiger charge is -2.27. The Morgan fingerprint density at radius 1 is 1.40 bits per heavy atom. The van der Waals surface area contributed by atoms with E-state index in [4.69, 9.17) is 10.5 Å². The van der Waals surface area contributed by atoms with E-state index in [2.05, 4.69) is 21.2 Å². The molecule has 5 heteroatoms. The average molecular weight is 341 g/mol. The first-order valence-electron chi connectivity index (χ1n) is 7.00. The summed E-state index contributed by atoms with van der Waals surface area (Å²) in [5.74, 6) is 0.405. The number of nitrogens with two attached hydrogens (primary N) is 1.